The molecule has 1 aliphatic heterocycles. The Morgan fingerprint density at radius 1 is 1.31 bits per heavy atom. The van der Waals surface area contributed by atoms with Gasteiger partial charge in [-0.05, 0) is 16.7 Å². The Bertz CT molecular complexity index is 895. The number of halogens is 1. The van der Waals surface area contributed by atoms with E-state index in [9.17, 15) is 13.2 Å². The van der Waals surface area contributed by atoms with Gasteiger partial charge in [-0.2, -0.15) is 4.80 Å². The Balaban J connectivity index is 1.62. The molecular formula is C16H20ClN5O3S. The maximum atomic E-state index is 12.1. The minimum Gasteiger partial charge on any atom is -0.349 e. The first kappa shape index (κ1) is 18.8. The zero-order valence-electron chi connectivity index (χ0n) is 14.5. The second kappa shape index (κ2) is 7.32. The number of carbonyl (C=O) groups is 1. The molecule has 10 heteroatoms. The van der Waals surface area contributed by atoms with Crippen LogP contribution in [0.5, 0.6) is 0 Å². The molecule has 1 aliphatic rings. The lowest BCUT2D eigenvalue weighted by atomic mass is 10.0. The highest BCUT2D eigenvalue weighted by molar-refractivity contribution is 7.91. The monoisotopic (exact) mass is 397 g/mol. The van der Waals surface area contributed by atoms with E-state index in [-0.39, 0.29) is 18.1 Å². The fourth-order valence-electron chi connectivity index (χ4n) is 2.76. The number of amides is 1. The highest BCUT2D eigenvalue weighted by atomic mass is 35.5. The summed E-state index contributed by atoms with van der Waals surface area (Å²) in [6.07, 6.45) is 0. The van der Waals surface area contributed by atoms with Gasteiger partial charge in [0, 0.05) is 5.56 Å². The van der Waals surface area contributed by atoms with Crippen molar-refractivity contribution in [3.05, 3.63) is 29.8 Å². The number of sulfone groups is 1. The molecule has 0 bridgehead atoms. The van der Waals surface area contributed by atoms with E-state index in [0.29, 0.717) is 11.7 Å². The maximum absolute atomic E-state index is 12.1. The maximum Gasteiger partial charge on any atom is 0.243 e. The summed E-state index contributed by atoms with van der Waals surface area (Å²) in [6.45, 7) is 4.07. The molecule has 0 aliphatic carbocycles. The summed E-state index contributed by atoms with van der Waals surface area (Å²) in [4.78, 5) is 13.3. The molecule has 1 amide bonds. The number of benzene rings is 1. The summed E-state index contributed by atoms with van der Waals surface area (Å²) in [5.74, 6) is 0.174. The predicted octanol–water partition coefficient (Wildman–Crippen LogP) is 0.984. The van der Waals surface area contributed by atoms with E-state index in [4.69, 9.17) is 11.6 Å². The predicted molar refractivity (Wildman–Crippen MR) is 97.6 cm³/mol. The number of alkyl halides is 1. The first-order chi connectivity index (χ1) is 12.2. The molecule has 0 unspecified atom stereocenters. The molecule has 3 rings (SSSR count). The standard InChI is InChI=1S/C16H20ClN5O3S/c1-10(2)11-3-5-12(6-4-11)16-19-21-22(20-16)7-15(23)18-14-9-26(24,25)8-13(14)17/h3-6,10,13-14H,7-9H2,1-2H3,(H,18,23)/t13-,14-/m1/s1. The first-order valence-electron chi connectivity index (χ1n) is 8.25. The van der Waals surface area contributed by atoms with Gasteiger partial charge in [-0.15, -0.1) is 21.8 Å². The Morgan fingerprint density at radius 3 is 2.58 bits per heavy atom. The van der Waals surface area contributed by atoms with Crippen LogP contribution in [0.1, 0.15) is 25.3 Å². The zero-order valence-corrected chi connectivity index (χ0v) is 16.0. The number of rotatable bonds is 5. The van der Waals surface area contributed by atoms with Crippen LogP contribution in [0, 0.1) is 0 Å². The third-order valence-electron chi connectivity index (χ3n) is 4.20. The Hall–Kier alpha value is -2.00. The summed E-state index contributed by atoms with van der Waals surface area (Å²) >= 11 is 5.98. The third-order valence-corrected chi connectivity index (χ3v) is 6.58. The Morgan fingerprint density at radius 2 is 2.00 bits per heavy atom. The molecule has 0 radical (unpaired) electrons. The van der Waals surface area contributed by atoms with Crippen LogP contribution in [-0.4, -0.2) is 57.5 Å². The van der Waals surface area contributed by atoms with Crippen LogP contribution in [0.2, 0.25) is 0 Å². The van der Waals surface area contributed by atoms with E-state index in [2.05, 4.69) is 34.6 Å². The molecule has 2 aromatic rings. The summed E-state index contributed by atoms with van der Waals surface area (Å²) in [7, 11) is -3.20. The van der Waals surface area contributed by atoms with Crippen molar-refractivity contribution in [2.24, 2.45) is 0 Å². The van der Waals surface area contributed by atoms with Crippen molar-refractivity contribution in [3.63, 3.8) is 0 Å². The molecule has 1 fully saturated rings. The molecular weight excluding hydrogens is 378 g/mol. The quantitative estimate of drug-likeness (QED) is 0.754. The average molecular weight is 398 g/mol. The van der Waals surface area contributed by atoms with Gasteiger partial charge in [0.25, 0.3) is 0 Å². The van der Waals surface area contributed by atoms with Crippen molar-refractivity contribution in [2.45, 2.75) is 37.7 Å². The number of hydrogen-bond donors (Lipinski definition) is 1. The van der Waals surface area contributed by atoms with Crippen LogP contribution < -0.4 is 5.32 Å². The van der Waals surface area contributed by atoms with Crippen LogP contribution in [0.25, 0.3) is 11.4 Å². The third kappa shape index (κ3) is 4.39. The smallest absolute Gasteiger partial charge is 0.243 e. The Kier molecular flexibility index (Phi) is 5.29. The van der Waals surface area contributed by atoms with Gasteiger partial charge in [0.1, 0.15) is 6.54 Å². The molecule has 140 valence electrons. The molecule has 1 aromatic heterocycles. The number of hydrogen-bond acceptors (Lipinski definition) is 6. The highest BCUT2D eigenvalue weighted by Gasteiger charge is 2.37. The molecule has 1 N–H and O–H groups in total. The fourth-order valence-corrected chi connectivity index (χ4v) is 5.31. The van der Waals surface area contributed by atoms with E-state index in [1.54, 1.807) is 0 Å². The van der Waals surface area contributed by atoms with Gasteiger partial charge in [0.15, 0.2) is 9.84 Å². The van der Waals surface area contributed by atoms with Crippen LogP contribution in [0.3, 0.4) is 0 Å². The second-order valence-electron chi connectivity index (χ2n) is 6.69. The topological polar surface area (TPSA) is 107 Å². The number of carbonyl (C=O) groups excluding carboxylic acids is 1. The van der Waals surface area contributed by atoms with Crippen molar-refractivity contribution < 1.29 is 13.2 Å². The van der Waals surface area contributed by atoms with Crippen LogP contribution in [-0.2, 0) is 21.2 Å². The van der Waals surface area contributed by atoms with Gasteiger partial charge in [0.2, 0.25) is 11.7 Å². The van der Waals surface area contributed by atoms with Gasteiger partial charge in [-0.25, -0.2) is 8.42 Å². The second-order valence-corrected chi connectivity index (χ2v) is 9.40. The van der Waals surface area contributed by atoms with E-state index >= 15 is 0 Å². The summed E-state index contributed by atoms with van der Waals surface area (Å²) < 4.78 is 23.1. The minimum atomic E-state index is -3.20. The van der Waals surface area contributed by atoms with E-state index in [1.807, 2.05) is 24.3 Å². The number of nitrogens with one attached hydrogen (secondary N) is 1. The molecule has 2 heterocycles. The number of nitrogens with zero attached hydrogens (tertiary/aromatic N) is 4. The molecule has 1 aromatic carbocycles. The summed E-state index contributed by atoms with van der Waals surface area (Å²) in [6, 6.07) is 7.25. The van der Waals surface area contributed by atoms with Crippen molar-refractivity contribution >= 4 is 27.3 Å². The zero-order chi connectivity index (χ0) is 18.9. The van der Waals surface area contributed by atoms with Crippen molar-refractivity contribution in [3.8, 4) is 11.4 Å². The minimum absolute atomic E-state index is 0.127. The first-order valence-corrected chi connectivity index (χ1v) is 10.5. The molecule has 0 spiro atoms. The summed E-state index contributed by atoms with van der Waals surface area (Å²) in [5.41, 5.74) is 2.02. The lowest BCUT2D eigenvalue weighted by Gasteiger charge is -2.13. The molecule has 1 saturated heterocycles. The lowest BCUT2D eigenvalue weighted by Crippen LogP contribution is -2.42. The molecule has 0 saturated carbocycles. The largest absolute Gasteiger partial charge is 0.349 e. The van der Waals surface area contributed by atoms with Crippen molar-refractivity contribution in [2.75, 3.05) is 11.5 Å². The fraction of sp³-hybridized carbons (Fsp3) is 0.500. The SMILES string of the molecule is CC(C)c1ccc(-c2nnn(CC(=O)N[C@@H]3CS(=O)(=O)C[C@H]3Cl)n2)cc1. The van der Waals surface area contributed by atoms with Crippen LogP contribution in [0.15, 0.2) is 24.3 Å². The van der Waals surface area contributed by atoms with Crippen molar-refractivity contribution in [1.29, 1.82) is 0 Å². The highest BCUT2D eigenvalue weighted by Crippen LogP contribution is 2.20. The van der Waals surface area contributed by atoms with Crippen molar-refractivity contribution in [1.82, 2.24) is 25.5 Å². The molecule has 2 atom stereocenters. The number of aromatic nitrogens is 4. The van der Waals surface area contributed by atoms with Crippen LogP contribution in [0.4, 0.5) is 0 Å². The van der Waals surface area contributed by atoms with Gasteiger partial charge < -0.3 is 5.32 Å². The summed E-state index contributed by atoms with van der Waals surface area (Å²) in [5, 5.41) is 14.0. The van der Waals surface area contributed by atoms with Gasteiger partial charge in [0.05, 0.1) is 22.9 Å². The number of tetrazole rings is 1. The van der Waals surface area contributed by atoms with Gasteiger partial charge in [-0.3, -0.25) is 4.79 Å². The van der Waals surface area contributed by atoms with E-state index in [1.165, 1.54) is 10.4 Å². The normalized spacial score (nSPS) is 21.8. The van der Waals surface area contributed by atoms with E-state index in [0.717, 1.165) is 5.56 Å². The van der Waals surface area contributed by atoms with Crippen LogP contribution >= 0.6 is 11.6 Å². The Labute approximate surface area is 156 Å². The van der Waals surface area contributed by atoms with E-state index < -0.39 is 27.2 Å². The van der Waals surface area contributed by atoms with Gasteiger partial charge in [-0.1, -0.05) is 38.1 Å². The van der Waals surface area contributed by atoms with Gasteiger partial charge >= 0.3 is 0 Å². The molecule has 8 nitrogen and oxygen atoms in total. The molecule has 26 heavy (non-hydrogen) atoms. The average Bonchev–Trinajstić information content (AvgIpc) is 3.11. The lowest BCUT2D eigenvalue weighted by molar-refractivity contribution is -0.122.